The lowest BCUT2D eigenvalue weighted by Gasteiger charge is -2.07. The number of hydrogen-bond donors (Lipinski definition) is 0. The Balaban J connectivity index is 1.84. The van der Waals surface area contributed by atoms with Gasteiger partial charge in [-0.15, -0.1) is 0 Å². The molecule has 2 aromatic carbocycles. The van der Waals surface area contributed by atoms with Gasteiger partial charge in [-0.1, -0.05) is 26.2 Å². The third-order valence-corrected chi connectivity index (χ3v) is 3.90. The number of rotatable bonds is 10. The lowest BCUT2D eigenvalue weighted by atomic mass is 10.1. The molecule has 0 saturated heterocycles. The van der Waals surface area contributed by atoms with Gasteiger partial charge in [-0.25, -0.2) is 4.79 Å². The average molecular weight is 370 g/mol. The second-order valence-corrected chi connectivity index (χ2v) is 6.10. The van der Waals surface area contributed by atoms with Gasteiger partial charge >= 0.3 is 11.9 Å². The van der Waals surface area contributed by atoms with Crippen LogP contribution in [-0.2, 0) is 4.79 Å². The second-order valence-electron chi connectivity index (χ2n) is 6.10. The SMILES string of the molecule is CCCCCCC(=O)Oc1ccc(C(=O)Oc2ccc(OCC)cc2)cc1. The molecule has 0 unspecified atom stereocenters. The lowest BCUT2D eigenvalue weighted by Crippen LogP contribution is -2.10. The van der Waals surface area contributed by atoms with Gasteiger partial charge < -0.3 is 14.2 Å². The van der Waals surface area contributed by atoms with E-state index >= 15 is 0 Å². The minimum absolute atomic E-state index is 0.254. The topological polar surface area (TPSA) is 61.8 Å². The Morgan fingerprint density at radius 3 is 1.96 bits per heavy atom. The second kappa shape index (κ2) is 11.0. The number of esters is 2. The maximum atomic E-state index is 12.2. The number of benzene rings is 2. The van der Waals surface area contributed by atoms with Gasteiger partial charge in [-0.3, -0.25) is 4.79 Å². The third kappa shape index (κ3) is 7.13. The molecule has 0 spiro atoms. The van der Waals surface area contributed by atoms with Crippen molar-refractivity contribution in [2.45, 2.75) is 46.0 Å². The standard InChI is InChI=1S/C22H26O5/c1-3-5-6-7-8-21(23)26-19-11-9-17(10-12-19)22(24)27-20-15-13-18(14-16-20)25-4-2/h9-16H,3-8H2,1-2H3. The van der Waals surface area contributed by atoms with Crippen LogP contribution in [0.4, 0.5) is 0 Å². The molecule has 0 amide bonds. The van der Waals surface area contributed by atoms with E-state index in [-0.39, 0.29) is 5.97 Å². The fraction of sp³-hybridized carbons (Fsp3) is 0.364. The van der Waals surface area contributed by atoms with E-state index in [0.29, 0.717) is 30.1 Å². The van der Waals surface area contributed by atoms with Gasteiger partial charge in [0.1, 0.15) is 17.2 Å². The van der Waals surface area contributed by atoms with E-state index in [1.807, 2.05) is 6.92 Å². The van der Waals surface area contributed by atoms with Crippen molar-refractivity contribution in [1.82, 2.24) is 0 Å². The van der Waals surface area contributed by atoms with Gasteiger partial charge in [0.05, 0.1) is 12.2 Å². The lowest BCUT2D eigenvalue weighted by molar-refractivity contribution is -0.134. The predicted octanol–water partition coefficient (Wildman–Crippen LogP) is 5.18. The summed E-state index contributed by atoms with van der Waals surface area (Å²) >= 11 is 0. The minimum atomic E-state index is -0.475. The molecule has 27 heavy (non-hydrogen) atoms. The molecule has 0 radical (unpaired) electrons. The molecule has 0 aliphatic rings. The molecule has 2 rings (SSSR count). The van der Waals surface area contributed by atoms with Crippen LogP contribution in [0.3, 0.4) is 0 Å². The first kappa shape index (κ1) is 20.5. The largest absolute Gasteiger partial charge is 0.494 e. The summed E-state index contributed by atoms with van der Waals surface area (Å²) in [5.41, 5.74) is 0.381. The van der Waals surface area contributed by atoms with Gasteiger partial charge in [-0.2, -0.15) is 0 Å². The van der Waals surface area contributed by atoms with Crippen LogP contribution in [0.1, 0.15) is 56.3 Å². The van der Waals surface area contributed by atoms with Crippen LogP contribution in [0.2, 0.25) is 0 Å². The molecule has 0 heterocycles. The molecule has 2 aromatic rings. The first-order valence-corrected chi connectivity index (χ1v) is 9.38. The highest BCUT2D eigenvalue weighted by Crippen LogP contribution is 2.20. The van der Waals surface area contributed by atoms with Crippen LogP contribution in [0.5, 0.6) is 17.2 Å². The van der Waals surface area contributed by atoms with Crippen molar-refractivity contribution < 1.29 is 23.8 Å². The summed E-state index contributed by atoms with van der Waals surface area (Å²) < 4.78 is 16.0. The van der Waals surface area contributed by atoms with Crippen molar-refractivity contribution in [2.24, 2.45) is 0 Å². The number of carbonyl (C=O) groups excluding carboxylic acids is 2. The summed E-state index contributed by atoms with van der Waals surface area (Å²) in [6, 6.07) is 13.2. The molecule has 0 bridgehead atoms. The van der Waals surface area contributed by atoms with Crippen LogP contribution >= 0.6 is 0 Å². The fourth-order valence-corrected chi connectivity index (χ4v) is 2.47. The number of carbonyl (C=O) groups is 2. The first-order valence-electron chi connectivity index (χ1n) is 9.38. The summed E-state index contributed by atoms with van der Waals surface area (Å²) in [5.74, 6) is 0.852. The molecule has 0 atom stereocenters. The summed E-state index contributed by atoms with van der Waals surface area (Å²) in [4.78, 5) is 24.0. The Morgan fingerprint density at radius 1 is 0.741 bits per heavy atom. The Labute approximate surface area is 160 Å². The minimum Gasteiger partial charge on any atom is -0.494 e. The molecule has 5 nitrogen and oxygen atoms in total. The van der Waals surface area contributed by atoms with Crippen LogP contribution in [0, 0.1) is 0 Å². The molecule has 0 N–H and O–H groups in total. The van der Waals surface area contributed by atoms with E-state index in [0.717, 1.165) is 31.4 Å². The number of ether oxygens (including phenoxy) is 3. The monoisotopic (exact) mass is 370 g/mol. The fourth-order valence-electron chi connectivity index (χ4n) is 2.47. The van der Waals surface area contributed by atoms with Crippen molar-refractivity contribution in [3.63, 3.8) is 0 Å². The Kier molecular flexibility index (Phi) is 8.36. The number of unbranched alkanes of at least 4 members (excludes halogenated alkanes) is 3. The highest BCUT2D eigenvalue weighted by Gasteiger charge is 2.10. The molecule has 0 fully saturated rings. The van der Waals surface area contributed by atoms with Crippen LogP contribution in [-0.4, -0.2) is 18.5 Å². The average Bonchev–Trinajstić information content (AvgIpc) is 2.67. The van der Waals surface area contributed by atoms with Gasteiger partial charge in [0.25, 0.3) is 0 Å². The predicted molar refractivity (Wildman–Crippen MR) is 103 cm³/mol. The Bertz CT molecular complexity index is 719. The summed E-state index contributed by atoms with van der Waals surface area (Å²) in [6.07, 6.45) is 4.52. The maximum Gasteiger partial charge on any atom is 0.343 e. The van der Waals surface area contributed by atoms with E-state index in [1.54, 1.807) is 48.5 Å². The van der Waals surface area contributed by atoms with E-state index in [4.69, 9.17) is 14.2 Å². The molecule has 144 valence electrons. The summed E-state index contributed by atoms with van der Waals surface area (Å²) in [7, 11) is 0. The van der Waals surface area contributed by atoms with Gasteiger partial charge in [-0.05, 0) is 61.9 Å². The molecule has 5 heteroatoms. The molecule has 0 aliphatic carbocycles. The molecule has 0 aliphatic heterocycles. The zero-order valence-corrected chi connectivity index (χ0v) is 15.9. The molecular formula is C22H26O5. The van der Waals surface area contributed by atoms with E-state index in [9.17, 15) is 9.59 Å². The Hall–Kier alpha value is -2.82. The quantitative estimate of drug-likeness (QED) is 0.328. The van der Waals surface area contributed by atoms with Crippen LogP contribution in [0.15, 0.2) is 48.5 Å². The molecule has 0 aromatic heterocycles. The van der Waals surface area contributed by atoms with E-state index in [2.05, 4.69) is 6.92 Å². The van der Waals surface area contributed by atoms with Crippen LogP contribution in [0.25, 0.3) is 0 Å². The first-order chi connectivity index (χ1) is 13.1. The highest BCUT2D eigenvalue weighted by molar-refractivity contribution is 5.91. The summed E-state index contributed by atoms with van der Waals surface area (Å²) in [5, 5.41) is 0. The highest BCUT2D eigenvalue weighted by atomic mass is 16.5. The number of hydrogen-bond acceptors (Lipinski definition) is 5. The van der Waals surface area contributed by atoms with Crippen molar-refractivity contribution in [3.8, 4) is 17.2 Å². The normalized spacial score (nSPS) is 10.3. The maximum absolute atomic E-state index is 12.2. The third-order valence-electron chi connectivity index (χ3n) is 3.90. The Morgan fingerprint density at radius 2 is 1.33 bits per heavy atom. The van der Waals surface area contributed by atoms with Crippen molar-refractivity contribution in [2.75, 3.05) is 6.61 Å². The van der Waals surface area contributed by atoms with Crippen LogP contribution < -0.4 is 14.2 Å². The van der Waals surface area contributed by atoms with E-state index < -0.39 is 5.97 Å². The summed E-state index contributed by atoms with van der Waals surface area (Å²) in [6.45, 7) is 4.61. The molecule has 0 saturated carbocycles. The zero-order valence-electron chi connectivity index (χ0n) is 15.9. The van der Waals surface area contributed by atoms with Gasteiger partial charge in [0.15, 0.2) is 0 Å². The van der Waals surface area contributed by atoms with Crippen molar-refractivity contribution in [3.05, 3.63) is 54.1 Å². The van der Waals surface area contributed by atoms with Gasteiger partial charge in [0.2, 0.25) is 0 Å². The smallest absolute Gasteiger partial charge is 0.343 e. The molecular weight excluding hydrogens is 344 g/mol. The zero-order chi connectivity index (χ0) is 19.5. The van der Waals surface area contributed by atoms with Crippen molar-refractivity contribution >= 4 is 11.9 Å². The van der Waals surface area contributed by atoms with Gasteiger partial charge in [0, 0.05) is 6.42 Å². The van der Waals surface area contributed by atoms with E-state index in [1.165, 1.54) is 0 Å². The van der Waals surface area contributed by atoms with Crippen molar-refractivity contribution in [1.29, 1.82) is 0 Å².